The highest BCUT2D eigenvalue weighted by molar-refractivity contribution is 5.78. The highest BCUT2D eigenvalue weighted by Crippen LogP contribution is 2.16. The van der Waals surface area contributed by atoms with Crippen LogP contribution in [-0.4, -0.2) is 28.5 Å². The molecule has 1 aliphatic heterocycles. The molecular formula is C13H20N4O. The topological polar surface area (TPSA) is 66.9 Å². The van der Waals surface area contributed by atoms with Crippen molar-refractivity contribution in [2.45, 2.75) is 39.3 Å². The van der Waals surface area contributed by atoms with Crippen LogP contribution in [0.1, 0.15) is 31.3 Å². The quantitative estimate of drug-likeness (QED) is 0.830. The summed E-state index contributed by atoms with van der Waals surface area (Å²) in [6, 6.07) is 2.26. The van der Waals surface area contributed by atoms with Crippen LogP contribution >= 0.6 is 0 Å². The Morgan fingerprint density at radius 1 is 1.61 bits per heavy atom. The Morgan fingerprint density at radius 3 is 3.17 bits per heavy atom. The number of carbonyl (C=O) groups excluding carboxylic acids is 1. The van der Waals surface area contributed by atoms with Gasteiger partial charge in [0, 0.05) is 18.2 Å². The van der Waals surface area contributed by atoms with Crippen LogP contribution in [0, 0.1) is 12.8 Å². The number of piperidine rings is 1. The molecular weight excluding hydrogens is 228 g/mol. The lowest BCUT2D eigenvalue weighted by molar-refractivity contribution is -0.126. The molecule has 0 radical (unpaired) electrons. The number of amides is 1. The molecule has 0 saturated carbocycles. The van der Waals surface area contributed by atoms with Crippen molar-refractivity contribution in [3.63, 3.8) is 0 Å². The first-order chi connectivity index (χ1) is 8.65. The van der Waals surface area contributed by atoms with Gasteiger partial charge in [0.05, 0.1) is 12.2 Å². The summed E-state index contributed by atoms with van der Waals surface area (Å²) in [6.07, 6.45) is 3.55. The number of carbonyl (C=O) groups is 1. The first-order valence-corrected chi connectivity index (χ1v) is 6.45. The Morgan fingerprint density at radius 2 is 2.44 bits per heavy atom. The van der Waals surface area contributed by atoms with E-state index in [1.165, 1.54) is 0 Å². The fourth-order valence-electron chi connectivity index (χ4n) is 2.30. The summed E-state index contributed by atoms with van der Waals surface area (Å²) in [5.41, 5.74) is 0.859. The van der Waals surface area contributed by atoms with E-state index >= 15 is 0 Å². The standard InChI is InChI=1S/C13H20N4O/c1-9-7-11(3-5-14-9)13(18)16-8-12-4-6-15-10(2)17-12/h4,6,9,11,14H,3,5,7-8H2,1-2H3,(H,16,18). The van der Waals surface area contributed by atoms with Crippen molar-refractivity contribution in [1.82, 2.24) is 20.6 Å². The summed E-state index contributed by atoms with van der Waals surface area (Å²) in [6.45, 7) is 5.37. The lowest BCUT2D eigenvalue weighted by atomic mass is 9.92. The molecule has 0 spiro atoms. The first kappa shape index (κ1) is 13.0. The van der Waals surface area contributed by atoms with Crippen LogP contribution in [0.5, 0.6) is 0 Å². The second kappa shape index (κ2) is 5.91. The summed E-state index contributed by atoms with van der Waals surface area (Å²) < 4.78 is 0. The number of hydrogen-bond donors (Lipinski definition) is 2. The first-order valence-electron chi connectivity index (χ1n) is 6.45. The van der Waals surface area contributed by atoms with E-state index in [2.05, 4.69) is 27.5 Å². The summed E-state index contributed by atoms with van der Waals surface area (Å²) in [5, 5.41) is 6.31. The van der Waals surface area contributed by atoms with E-state index in [0.29, 0.717) is 12.6 Å². The average molecular weight is 248 g/mol. The Bertz CT molecular complexity index is 421. The second-order valence-electron chi connectivity index (χ2n) is 4.89. The fraction of sp³-hybridized carbons (Fsp3) is 0.615. The van der Waals surface area contributed by atoms with Crippen molar-refractivity contribution in [3.8, 4) is 0 Å². The van der Waals surface area contributed by atoms with E-state index in [1.807, 2.05) is 13.0 Å². The van der Waals surface area contributed by atoms with Crippen LogP contribution < -0.4 is 10.6 Å². The Labute approximate surface area is 107 Å². The Hall–Kier alpha value is -1.49. The molecule has 1 saturated heterocycles. The van der Waals surface area contributed by atoms with Crippen molar-refractivity contribution in [1.29, 1.82) is 0 Å². The van der Waals surface area contributed by atoms with E-state index < -0.39 is 0 Å². The molecule has 2 unspecified atom stereocenters. The van der Waals surface area contributed by atoms with Crippen LogP contribution in [-0.2, 0) is 11.3 Å². The van der Waals surface area contributed by atoms with Crippen LogP contribution in [0.2, 0.25) is 0 Å². The summed E-state index contributed by atoms with van der Waals surface area (Å²) in [7, 11) is 0. The van der Waals surface area contributed by atoms with Gasteiger partial charge in [0.25, 0.3) is 0 Å². The minimum absolute atomic E-state index is 0.129. The monoisotopic (exact) mass is 248 g/mol. The summed E-state index contributed by atoms with van der Waals surface area (Å²) in [4.78, 5) is 20.3. The molecule has 1 aromatic heterocycles. The summed E-state index contributed by atoms with van der Waals surface area (Å²) in [5.74, 6) is 1.00. The zero-order chi connectivity index (χ0) is 13.0. The van der Waals surface area contributed by atoms with Gasteiger partial charge in [-0.2, -0.15) is 0 Å². The largest absolute Gasteiger partial charge is 0.350 e. The van der Waals surface area contributed by atoms with Gasteiger partial charge in [0.1, 0.15) is 5.82 Å². The predicted molar refractivity (Wildman–Crippen MR) is 68.8 cm³/mol. The maximum absolute atomic E-state index is 12.0. The molecule has 5 nitrogen and oxygen atoms in total. The molecule has 1 aromatic rings. The zero-order valence-electron chi connectivity index (χ0n) is 10.9. The molecule has 0 aromatic carbocycles. The second-order valence-corrected chi connectivity index (χ2v) is 4.89. The SMILES string of the molecule is Cc1nccc(CNC(=O)C2CCNC(C)C2)n1. The third kappa shape index (κ3) is 3.50. The van der Waals surface area contributed by atoms with Gasteiger partial charge in [-0.15, -0.1) is 0 Å². The van der Waals surface area contributed by atoms with E-state index in [0.717, 1.165) is 30.9 Å². The summed E-state index contributed by atoms with van der Waals surface area (Å²) >= 11 is 0. The Kier molecular flexibility index (Phi) is 4.25. The molecule has 1 aliphatic rings. The molecule has 0 aliphatic carbocycles. The predicted octanol–water partition coefficient (Wildman–Crippen LogP) is 0.789. The van der Waals surface area contributed by atoms with Crippen LogP contribution in [0.3, 0.4) is 0 Å². The number of rotatable bonds is 3. The van der Waals surface area contributed by atoms with Crippen LogP contribution in [0.15, 0.2) is 12.3 Å². The Balaban J connectivity index is 1.84. The van der Waals surface area contributed by atoms with Crippen molar-refractivity contribution in [2.24, 2.45) is 5.92 Å². The number of hydrogen-bond acceptors (Lipinski definition) is 4. The molecule has 0 bridgehead atoms. The third-order valence-corrected chi connectivity index (χ3v) is 3.27. The highest BCUT2D eigenvalue weighted by Gasteiger charge is 2.24. The third-order valence-electron chi connectivity index (χ3n) is 3.27. The lowest BCUT2D eigenvalue weighted by Crippen LogP contribution is -2.42. The van der Waals surface area contributed by atoms with Crippen molar-refractivity contribution in [3.05, 3.63) is 23.8 Å². The van der Waals surface area contributed by atoms with E-state index in [-0.39, 0.29) is 11.8 Å². The number of aryl methyl sites for hydroxylation is 1. The zero-order valence-corrected chi connectivity index (χ0v) is 10.9. The fourth-order valence-corrected chi connectivity index (χ4v) is 2.30. The van der Waals surface area contributed by atoms with Gasteiger partial charge in [0.15, 0.2) is 0 Å². The van der Waals surface area contributed by atoms with Crippen molar-refractivity contribution in [2.75, 3.05) is 6.54 Å². The van der Waals surface area contributed by atoms with E-state index in [1.54, 1.807) is 6.20 Å². The maximum atomic E-state index is 12.0. The average Bonchev–Trinajstić information content (AvgIpc) is 2.36. The minimum Gasteiger partial charge on any atom is -0.350 e. The lowest BCUT2D eigenvalue weighted by Gasteiger charge is -2.27. The highest BCUT2D eigenvalue weighted by atomic mass is 16.1. The smallest absolute Gasteiger partial charge is 0.223 e. The van der Waals surface area contributed by atoms with Crippen LogP contribution in [0.25, 0.3) is 0 Å². The van der Waals surface area contributed by atoms with Gasteiger partial charge >= 0.3 is 0 Å². The molecule has 5 heteroatoms. The van der Waals surface area contributed by atoms with Gasteiger partial charge in [-0.05, 0) is 39.3 Å². The number of nitrogens with one attached hydrogen (secondary N) is 2. The van der Waals surface area contributed by atoms with Gasteiger partial charge < -0.3 is 10.6 Å². The van der Waals surface area contributed by atoms with Crippen molar-refractivity contribution < 1.29 is 4.79 Å². The van der Waals surface area contributed by atoms with Gasteiger partial charge in [0.2, 0.25) is 5.91 Å². The maximum Gasteiger partial charge on any atom is 0.223 e. The molecule has 98 valence electrons. The normalized spacial score (nSPS) is 23.7. The van der Waals surface area contributed by atoms with E-state index in [9.17, 15) is 4.79 Å². The molecule has 2 atom stereocenters. The molecule has 1 amide bonds. The molecule has 18 heavy (non-hydrogen) atoms. The van der Waals surface area contributed by atoms with Gasteiger partial charge in [-0.25, -0.2) is 9.97 Å². The van der Waals surface area contributed by atoms with E-state index in [4.69, 9.17) is 0 Å². The molecule has 2 rings (SSSR count). The molecule has 2 heterocycles. The van der Waals surface area contributed by atoms with Crippen LogP contribution in [0.4, 0.5) is 0 Å². The number of nitrogens with zero attached hydrogens (tertiary/aromatic N) is 2. The van der Waals surface area contributed by atoms with Gasteiger partial charge in [-0.1, -0.05) is 0 Å². The van der Waals surface area contributed by atoms with Gasteiger partial charge in [-0.3, -0.25) is 4.79 Å². The molecule has 2 N–H and O–H groups in total. The van der Waals surface area contributed by atoms with Crippen molar-refractivity contribution >= 4 is 5.91 Å². The molecule has 1 fully saturated rings. The minimum atomic E-state index is 0.129. The number of aromatic nitrogens is 2.